The number of rotatable bonds is 7. The lowest BCUT2D eigenvalue weighted by Crippen LogP contribution is -2.48. The number of methoxy groups -OCH3 is 1. The second-order valence-corrected chi connectivity index (χ2v) is 8.91. The van der Waals surface area contributed by atoms with Crippen LogP contribution >= 0.6 is 0 Å². The van der Waals surface area contributed by atoms with E-state index in [1.165, 1.54) is 31.6 Å². The van der Waals surface area contributed by atoms with Gasteiger partial charge in [-0.05, 0) is 42.8 Å². The molecule has 1 saturated carbocycles. The first-order valence-electron chi connectivity index (χ1n) is 11.7. The van der Waals surface area contributed by atoms with E-state index in [0.717, 1.165) is 5.56 Å². The molecule has 38 heavy (non-hydrogen) atoms. The molecule has 1 aliphatic carbocycles. The first-order valence-corrected chi connectivity index (χ1v) is 11.7. The van der Waals surface area contributed by atoms with E-state index < -0.39 is 17.7 Å². The number of nitrogens with one attached hydrogen (secondary N) is 2. The van der Waals surface area contributed by atoms with Crippen molar-refractivity contribution in [2.24, 2.45) is 5.73 Å². The van der Waals surface area contributed by atoms with Crippen LogP contribution in [0.5, 0.6) is 5.75 Å². The molecular weight excluding hydrogens is 498 g/mol. The Hall–Kier alpha value is -4.74. The smallest absolute Gasteiger partial charge is 0.404 e. The normalized spacial score (nSPS) is 16.5. The molecule has 2 aromatic heterocycles. The highest BCUT2D eigenvalue weighted by atomic mass is 19.2. The molecule has 10 nitrogen and oxygen atoms in total. The molecule has 0 unspecified atom stereocenters. The Bertz CT molecular complexity index is 1550. The summed E-state index contributed by atoms with van der Waals surface area (Å²) in [6.45, 7) is 1.81. The van der Waals surface area contributed by atoms with Gasteiger partial charge in [-0.2, -0.15) is 4.39 Å². The Morgan fingerprint density at radius 2 is 1.92 bits per heavy atom. The lowest BCUT2D eigenvalue weighted by molar-refractivity contribution is 0.0363. The quantitative estimate of drug-likeness (QED) is 0.333. The number of anilines is 2. The molecular formula is C26H24F2N6O4. The predicted octanol–water partition coefficient (Wildman–Crippen LogP) is 4.09. The number of aryl methyl sites for hydroxylation is 1. The van der Waals surface area contributed by atoms with Gasteiger partial charge in [0.1, 0.15) is 6.10 Å². The van der Waals surface area contributed by atoms with Crippen LogP contribution in [0.4, 0.5) is 25.1 Å². The van der Waals surface area contributed by atoms with Gasteiger partial charge in [-0.1, -0.05) is 0 Å². The van der Waals surface area contributed by atoms with Crippen LogP contribution in [0.25, 0.3) is 16.9 Å². The molecule has 0 aliphatic heterocycles. The van der Waals surface area contributed by atoms with Crippen molar-refractivity contribution in [1.29, 1.82) is 0 Å². The van der Waals surface area contributed by atoms with Crippen molar-refractivity contribution in [2.45, 2.75) is 31.9 Å². The van der Waals surface area contributed by atoms with Crippen molar-refractivity contribution in [1.82, 2.24) is 19.7 Å². The Labute approximate surface area is 215 Å². The largest absolute Gasteiger partial charge is 0.494 e. The minimum absolute atomic E-state index is 0.0260. The third-order valence-electron chi connectivity index (χ3n) is 6.42. The van der Waals surface area contributed by atoms with Crippen molar-refractivity contribution in [2.75, 3.05) is 12.4 Å². The number of halogens is 2. The van der Waals surface area contributed by atoms with Gasteiger partial charge in [0, 0.05) is 48.1 Å². The summed E-state index contributed by atoms with van der Waals surface area (Å²) in [5, 5.41) is 6.10. The molecule has 12 heteroatoms. The van der Waals surface area contributed by atoms with Gasteiger partial charge in [-0.25, -0.2) is 19.2 Å². The summed E-state index contributed by atoms with van der Waals surface area (Å²) in [5.74, 6) is -2.16. The summed E-state index contributed by atoms with van der Waals surface area (Å²) in [5.41, 5.74) is 7.66. The maximum Gasteiger partial charge on any atom is 0.404 e. The van der Waals surface area contributed by atoms with Crippen LogP contribution in [-0.4, -0.2) is 45.6 Å². The van der Waals surface area contributed by atoms with Crippen LogP contribution < -0.4 is 21.1 Å². The summed E-state index contributed by atoms with van der Waals surface area (Å²) in [7, 11) is 1.27. The topological polar surface area (TPSA) is 133 Å². The number of fused-ring (bicyclic) bond motifs is 1. The van der Waals surface area contributed by atoms with E-state index in [1.807, 2.05) is 6.92 Å². The van der Waals surface area contributed by atoms with Crippen LogP contribution in [0.3, 0.4) is 0 Å². The minimum atomic E-state index is -1.08. The van der Waals surface area contributed by atoms with Crippen molar-refractivity contribution < 1.29 is 27.8 Å². The maximum absolute atomic E-state index is 14.7. The summed E-state index contributed by atoms with van der Waals surface area (Å²) in [6, 6.07) is 7.90. The van der Waals surface area contributed by atoms with Crippen LogP contribution in [0.2, 0.25) is 0 Å². The third-order valence-corrected chi connectivity index (χ3v) is 6.42. The molecule has 2 heterocycles. The number of aromatic nitrogens is 3. The number of imidazole rings is 1. The standard InChI is InChI=1S/C26H24F2N6O4/c1-13-9-14(3-4-17(13)25(35)33-15-10-16(11-15)38-26(29)36)32-23-24-31-12-19(34(24)8-7-30-23)18-5-6-20(37-2)22(28)21(18)27/h3-9,12,15-16H,10-11H2,1-2H3,(H2,29,36)(H,30,32)(H,33,35). The van der Waals surface area contributed by atoms with E-state index in [4.69, 9.17) is 15.2 Å². The van der Waals surface area contributed by atoms with Gasteiger partial charge in [0.15, 0.2) is 23.0 Å². The summed E-state index contributed by atoms with van der Waals surface area (Å²) in [4.78, 5) is 32.2. The maximum atomic E-state index is 14.7. The number of primary amides is 1. The SMILES string of the molecule is COc1ccc(-c2cnc3c(Nc4ccc(C(=O)NC5CC(OC(N)=O)C5)c(C)c4)nccn23)c(F)c1F. The van der Waals surface area contributed by atoms with Gasteiger partial charge in [0.05, 0.1) is 19.0 Å². The van der Waals surface area contributed by atoms with Crippen molar-refractivity contribution in [3.05, 3.63) is 71.7 Å². The summed E-state index contributed by atoms with van der Waals surface area (Å²) >= 11 is 0. The molecule has 0 bridgehead atoms. The second kappa shape index (κ2) is 9.96. The van der Waals surface area contributed by atoms with E-state index in [-0.39, 0.29) is 29.4 Å². The van der Waals surface area contributed by atoms with E-state index in [9.17, 15) is 18.4 Å². The molecule has 4 N–H and O–H groups in total. The van der Waals surface area contributed by atoms with Crippen LogP contribution in [0, 0.1) is 18.6 Å². The molecule has 0 atom stereocenters. The number of nitrogens with zero attached hydrogens (tertiary/aromatic N) is 3. The van der Waals surface area contributed by atoms with E-state index in [0.29, 0.717) is 41.3 Å². The lowest BCUT2D eigenvalue weighted by Gasteiger charge is -2.34. The highest BCUT2D eigenvalue weighted by Crippen LogP contribution is 2.32. The number of hydrogen-bond acceptors (Lipinski definition) is 7. The fourth-order valence-corrected chi connectivity index (χ4v) is 4.43. The number of benzene rings is 2. The molecule has 0 radical (unpaired) electrons. The molecule has 1 fully saturated rings. The summed E-state index contributed by atoms with van der Waals surface area (Å²) < 4.78 is 40.4. The Morgan fingerprint density at radius 1 is 1.13 bits per heavy atom. The van der Waals surface area contributed by atoms with Crippen LogP contribution in [0.15, 0.2) is 48.9 Å². The predicted molar refractivity (Wildman–Crippen MR) is 134 cm³/mol. The highest BCUT2D eigenvalue weighted by molar-refractivity contribution is 5.96. The molecule has 0 saturated heterocycles. The Balaban J connectivity index is 1.33. The molecule has 0 spiro atoms. The first kappa shape index (κ1) is 24.9. The van der Waals surface area contributed by atoms with Crippen molar-refractivity contribution in [3.63, 3.8) is 0 Å². The highest BCUT2D eigenvalue weighted by Gasteiger charge is 2.33. The van der Waals surface area contributed by atoms with Gasteiger partial charge in [-0.15, -0.1) is 0 Å². The minimum Gasteiger partial charge on any atom is -0.494 e. The first-order chi connectivity index (χ1) is 18.2. The van der Waals surface area contributed by atoms with Gasteiger partial charge in [-0.3, -0.25) is 9.20 Å². The molecule has 2 amide bonds. The third kappa shape index (κ3) is 4.67. The van der Waals surface area contributed by atoms with Gasteiger partial charge in [0.2, 0.25) is 5.82 Å². The zero-order valence-corrected chi connectivity index (χ0v) is 20.5. The van der Waals surface area contributed by atoms with E-state index in [1.54, 1.807) is 28.8 Å². The van der Waals surface area contributed by atoms with E-state index in [2.05, 4.69) is 20.6 Å². The van der Waals surface area contributed by atoms with E-state index >= 15 is 0 Å². The fourth-order valence-electron chi connectivity index (χ4n) is 4.43. The number of ether oxygens (including phenoxy) is 2. The molecule has 4 aromatic rings. The number of carbonyl (C=O) groups is 2. The molecule has 1 aliphatic rings. The van der Waals surface area contributed by atoms with Crippen LogP contribution in [-0.2, 0) is 4.74 Å². The zero-order chi connectivity index (χ0) is 27.0. The Morgan fingerprint density at radius 3 is 2.63 bits per heavy atom. The van der Waals surface area contributed by atoms with Crippen molar-refractivity contribution in [3.8, 4) is 17.0 Å². The van der Waals surface area contributed by atoms with Crippen LogP contribution in [0.1, 0.15) is 28.8 Å². The van der Waals surface area contributed by atoms with Crippen molar-refractivity contribution >= 4 is 29.2 Å². The molecule has 196 valence electrons. The molecule has 5 rings (SSSR count). The number of amides is 2. The summed E-state index contributed by atoms with van der Waals surface area (Å²) in [6.07, 6.45) is 4.49. The average molecular weight is 523 g/mol. The zero-order valence-electron chi connectivity index (χ0n) is 20.5. The number of nitrogens with two attached hydrogens (primary N) is 1. The average Bonchev–Trinajstić information content (AvgIpc) is 3.29. The molecule has 2 aromatic carbocycles. The number of carbonyl (C=O) groups excluding carboxylic acids is 2. The Kier molecular flexibility index (Phi) is 6.53. The monoisotopic (exact) mass is 522 g/mol. The van der Waals surface area contributed by atoms with Gasteiger partial charge >= 0.3 is 6.09 Å². The number of hydrogen-bond donors (Lipinski definition) is 3. The van der Waals surface area contributed by atoms with Gasteiger partial charge < -0.3 is 25.8 Å². The second-order valence-electron chi connectivity index (χ2n) is 8.91. The van der Waals surface area contributed by atoms with Gasteiger partial charge in [0.25, 0.3) is 5.91 Å². The fraction of sp³-hybridized carbons (Fsp3) is 0.231. The lowest BCUT2D eigenvalue weighted by atomic mass is 9.89.